The summed E-state index contributed by atoms with van der Waals surface area (Å²) >= 11 is 0.511. The third-order valence-corrected chi connectivity index (χ3v) is 6.17. The van der Waals surface area contributed by atoms with Gasteiger partial charge in [0.15, 0.2) is 5.00 Å². The number of carbonyl (C=O) groups is 2. The number of nitrogens with one attached hydrogen (secondary N) is 1. The molecule has 114 valence electrons. The maximum Gasteiger partial charge on any atom is 0.304 e. The van der Waals surface area contributed by atoms with Crippen LogP contribution in [0.4, 0.5) is 10.7 Å². The maximum atomic E-state index is 12.4. The van der Waals surface area contributed by atoms with E-state index in [1.165, 1.54) is 6.92 Å². The monoisotopic (exact) mass is 334 g/mol. The molecule has 1 aromatic rings. The van der Waals surface area contributed by atoms with Gasteiger partial charge in [0.25, 0.3) is 10.0 Å². The van der Waals surface area contributed by atoms with Crippen molar-refractivity contribution >= 4 is 43.9 Å². The highest BCUT2D eigenvalue weighted by atomic mass is 32.2. The lowest BCUT2D eigenvalue weighted by atomic mass is 10.2. The first-order valence-corrected chi connectivity index (χ1v) is 7.79. The molecule has 1 unspecified atom stereocenters. The number of amides is 2. The predicted molar refractivity (Wildman–Crippen MR) is 71.9 cm³/mol. The van der Waals surface area contributed by atoms with Gasteiger partial charge in [0, 0.05) is 6.07 Å². The van der Waals surface area contributed by atoms with Crippen LogP contribution in [-0.2, 0) is 19.6 Å². The molecule has 0 saturated carbocycles. The summed E-state index contributed by atoms with van der Waals surface area (Å²) in [5, 5.41) is 12.5. The number of nitrogen functional groups attached to an aromatic ring is 1. The average molecular weight is 334 g/mol. The Kier molecular flexibility index (Phi) is 3.69. The number of carbonyl (C=O) groups excluding carboxylic acids is 2. The van der Waals surface area contributed by atoms with Crippen LogP contribution in [0.25, 0.3) is 0 Å². The van der Waals surface area contributed by atoms with Gasteiger partial charge >= 0.3 is 5.69 Å². The topological polar surface area (TPSA) is 153 Å². The van der Waals surface area contributed by atoms with Crippen LogP contribution >= 0.6 is 11.3 Å². The van der Waals surface area contributed by atoms with Crippen LogP contribution in [0.2, 0.25) is 0 Å². The molecule has 0 bridgehead atoms. The fourth-order valence-electron chi connectivity index (χ4n) is 1.74. The van der Waals surface area contributed by atoms with Crippen molar-refractivity contribution in [1.82, 2.24) is 9.62 Å². The van der Waals surface area contributed by atoms with E-state index in [1.807, 2.05) is 5.32 Å². The summed E-state index contributed by atoms with van der Waals surface area (Å²) in [6, 6.07) is -0.283. The lowest BCUT2D eigenvalue weighted by Gasteiger charge is -2.29. The molecule has 0 spiro atoms. The van der Waals surface area contributed by atoms with Crippen LogP contribution in [0.1, 0.15) is 6.92 Å². The van der Waals surface area contributed by atoms with Gasteiger partial charge in [0.05, 0.1) is 11.5 Å². The van der Waals surface area contributed by atoms with E-state index in [0.29, 0.717) is 15.6 Å². The SMILES string of the molecule is CC1C(=O)NC(=O)CN1S(=O)(=O)c1cc([N+](=O)[O-])c(N)s1. The molecule has 0 radical (unpaired) electrons. The summed E-state index contributed by atoms with van der Waals surface area (Å²) in [5.41, 5.74) is 4.88. The largest absolute Gasteiger partial charge is 0.385 e. The van der Waals surface area contributed by atoms with Crippen molar-refractivity contribution in [3.05, 3.63) is 16.2 Å². The van der Waals surface area contributed by atoms with Crippen LogP contribution in [0.3, 0.4) is 0 Å². The van der Waals surface area contributed by atoms with Gasteiger partial charge in [0.2, 0.25) is 11.8 Å². The van der Waals surface area contributed by atoms with Crippen molar-refractivity contribution in [1.29, 1.82) is 0 Å². The normalized spacial score (nSPS) is 20.3. The number of nitrogens with zero attached hydrogens (tertiary/aromatic N) is 2. The van der Waals surface area contributed by atoms with Crippen LogP contribution in [0, 0.1) is 10.1 Å². The number of imide groups is 1. The Morgan fingerprint density at radius 2 is 2.14 bits per heavy atom. The van der Waals surface area contributed by atoms with Gasteiger partial charge in [-0.3, -0.25) is 25.0 Å². The molecular formula is C9H10N4O6S2. The summed E-state index contributed by atoms with van der Waals surface area (Å²) in [5.74, 6) is -1.52. The smallest absolute Gasteiger partial charge is 0.304 e. The molecule has 1 saturated heterocycles. The first-order valence-electron chi connectivity index (χ1n) is 5.54. The first-order chi connectivity index (χ1) is 9.64. The number of hydrogen-bond acceptors (Lipinski definition) is 8. The molecule has 1 atom stereocenters. The number of piperazine rings is 1. The van der Waals surface area contributed by atoms with E-state index >= 15 is 0 Å². The molecule has 0 aliphatic carbocycles. The fraction of sp³-hybridized carbons (Fsp3) is 0.333. The first kappa shape index (κ1) is 15.3. The molecule has 2 rings (SSSR count). The molecule has 1 fully saturated rings. The minimum absolute atomic E-state index is 0.265. The summed E-state index contributed by atoms with van der Waals surface area (Å²) in [6.07, 6.45) is 0. The summed E-state index contributed by atoms with van der Waals surface area (Å²) in [6.45, 7) is 0.769. The molecule has 1 aliphatic heterocycles. The van der Waals surface area contributed by atoms with Crippen molar-refractivity contribution < 1.29 is 22.9 Å². The Morgan fingerprint density at radius 1 is 1.52 bits per heavy atom. The zero-order chi connectivity index (χ0) is 15.9. The van der Waals surface area contributed by atoms with Crippen molar-refractivity contribution in [2.75, 3.05) is 12.3 Å². The molecule has 1 aromatic heterocycles. The Morgan fingerprint density at radius 3 is 2.67 bits per heavy atom. The molecule has 3 N–H and O–H groups in total. The van der Waals surface area contributed by atoms with Crippen LogP contribution in [0.5, 0.6) is 0 Å². The van der Waals surface area contributed by atoms with Crippen molar-refractivity contribution in [3.63, 3.8) is 0 Å². The number of hydrogen-bond donors (Lipinski definition) is 2. The second-order valence-electron chi connectivity index (χ2n) is 4.21. The quantitative estimate of drug-likeness (QED) is 0.420. The minimum atomic E-state index is -4.23. The maximum absolute atomic E-state index is 12.4. The van der Waals surface area contributed by atoms with Crippen LogP contribution in [-0.4, -0.2) is 42.0 Å². The fourth-order valence-corrected chi connectivity index (χ4v) is 4.64. The highest BCUT2D eigenvalue weighted by molar-refractivity contribution is 7.91. The lowest BCUT2D eigenvalue weighted by Crippen LogP contribution is -2.58. The second-order valence-corrected chi connectivity index (χ2v) is 7.41. The van der Waals surface area contributed by atoms with E-state index in [0.717, 1.165) is 6.07 Å². The molecule has 21 heavy (non-hydrogen) atoms. The van der Waals surface area contributed by atoms with Crippen LogP contribution in [0.15, 0.2) is 10.3 Å². The lowest BCUT2D eigenvalue weighted by molar-refractivity contribution is -0.383. The molecule has 12 heteroatoms. The van der Waals surface area contributed by atoms with Gasteiger partial charge in [-0.05, 0) is 6.92 Å². The zero-order valence-electron chi connectivity index (χ0n) is 10.6. The average Bonchev–Trinajstić information content (AvgIpc) is 2.76. The Bertz CT molecular complexity index is 739. The number of rotatable bonds is 3. The van der Waals surface area contributed by atoms with Crippen molar-refractivity contribution in [2.24, 2.45) is 0 Å². The Hall–Kier alpha value is -2.05. The third kappa shape index (κ3) is 2.59. The number of anilines is 1. The van der Waals surface area contributed by atoms with Gasteiger partial charge in [-0.25, -0.2) is 8.42 Å². The zero-order valence-corrected chi connectivity index (χ0v) is 12.2. The summed E-state index contributed by atoms with van der Waals surface area (Å²) in [4.78, 5) is 32.7. The molecular weight excluding hydrogens is 324 g/mol. The number of nitrogens with two attached hydrogens (primary N) is 1. The molecule has 2 heterocycles. The Balaban J connectivity index is 2.46. The standard InChI is InChI=1S/C9H10N4O6S2/c1-4-9(15)11-6(14)3-12(4)21(18,19)7-2-5(13(16)17)8(10)20-7/h2,4H,3,10H2,1H3,(H,11,14,15). The molecule has 2 amide bonds. The van der Waals surface area contributed by atoms with Gasteiger partial charge in [-0.1, -0.05) is 11.3 Å². The number of nitro groups is 1. The molecule has 10 nitrogen and oxygen atoms in total. The molecule has 1 aliphatic rings. The predicted octanol–water partition coefficient (Wildman–Crippen LogP) is -0.726. The van der Waals surface area contributed by atoms with E-state index in [2.05, 4.69) is 0 Å². The highest BCUT2D eigenvalue weighted by Crippen LogP contribution is 2.36. The van der Waals surface area contributed by atoms with Gasteiger partial charge < -0.3 is 5.73 Å². The van der Waals surface area contributed by atoms with E-state index in [1.54, 1.807) is 0 Å². The van der Waals surface area contributed by atoms with E-state index in [4.69, 9.17) is 5.73 Å². The van der Waals surface area contributed by atoms with Gasteiger partial charge in [-0.15, -0.1) is 0 Å². The highest BCUT2D eigenvalue weighted by Gasteiger charge is 2.40. The van der Waals surface area contributed by atoms with E-state index < -0.39 is 45.0 Å². The number of sulfonamides is 1. The van der Waals surface area contributed by atoms with E-state index in [9.17, 15) is 28.1 Å². The van der Waals surface area contributed by atoms with Gasteiger partial charge in [0.1, 0.15) is 10.3 Å². The van der Waals surface area contributed by atoms with E-state index in [-0.39, 0.29) is 9.21 Å². The summed E-state index contributed by atoms with van der Waals surface area (Å²) in [7, 11) is -4.23. The second kappa shape index (κ2) is 5.05. The van der Waals surface area contributed by atoms with Crippen molar-refractivity contribution in [3.8, 4) is 0 Å². The van der Waals surface area contributed by atoms with Gasteiger partial charge in [-0.2, -0.15) is 4.31 Å². The van der Waals surface area contributed by atoms with Crippen molar-refractivity contribution in [2.45, 2.75) is 17.2 Å². The number of thiophene rings is 1. The summed E-state index contributed by atoms with van der Waals surface area (Å²) < 4.78 is 25.1. The van der Waals surface area contributed by atoms with Crippen LogP contribution < -0.4 is 11.1 Å². The molecule has 0 aromatic carbocycles. The minimum Gasteiger partial charge on any atom is -0.385 e. The third-order valence-electron chi connectivity index (χ3n) is 2.85. The Labute approximate surface area is 122 Å².